The van der Waals surface area contributed by atoms with Crippen molar-refractivity contribution < 1.29 is 9.53 Å². The fourth-order valence-electron chi connectivity index (χ4n) is 1.91. The highest BCUT2D eigenvalue weighted by Gasteiger charge is 2.05. The minimum Gasteiger partial charge on any atom is -0.469 e. The molecule has 0 atom stereocenters. The summed E-state index contributed by atoms with van der Waals surface area (Å²) in [6, 6.07) is 10.4. The van der Waals surface area contributed by atoms with E-state index in [1.165, 1.54) is 12.7 Å². The topological polar surface area (TPSA) is 39.2 Å². The molecule has 1 heterocycles. The first-order chi connectivity index (χ1) is 9.22. The van der Waals surface area contributed by atoms with Crippen molar-refractivity contribution in [2.24, 2.45) is 0 Å². The number of carbonyl (C=O) groups excluding carboxylic acids is 1. The predicted molar refractivity (Wildman–Crippen MR) is 74.8 cm³/mol. The molecular weight excluding hydrogens is 238 g/mol. The molecular formula is C16H17NO2. The number of ether oxygens (including phenoxy) is 1. The molecule has 19 heavy (non-hydrogen) atoms. The summed E-state index contributed by atoms with van der Waals surface area (Å²) < 4.78 is 4.66. The van der Waals surface area contributed by atoms with Crippen molar-refractivity contribution in [3.05, 3.63) is 53.9 Å². The lowest BCUT2D eigenvalue weighted by Gasteiger charge is -2.05. The number of aryl methyl sites for hydroxylation is 1. The molecule has 2 aromatic rings. The van der Waals surface area contributed by atoms with Crippen LogP contribution in [0.3, 0.4) is 0 Å². The number of pyridine rings is 1. The van der Waals surface area contributed by atoms with Crippen molar-refractivity contribution in [1.29, 1.82) is 0 Å². The van der Waals surface area contributed by atoms with Crippen molar-refractivity contribution in [3.63, 3.8) is 0 Å². The molecule has 1 aromatic heterocycles. The average molecular weight is 255 g/mol. The molecule has 98 valence electrons. The Morgan fingerprint density at radius 3 is 2.47 bits per heavy atom. The van der Waals surface area contributed by atoms with Gasteiger partial charge in [-0.3, -0.25) is 9.78 Å². The molecule has 0 radical (unpaired) electrons. The van der Waals surface area contributed by atoms with Gasteiger partial charge >= 0.3 is 5.97 Å². The van der Waals surface area contributed by atoms with Crippen LogP contribution in [-0.2, 0) is 22.4 Å². The molecule has 0 unspecified atom stereocenters. The highest BCUT2D eigenvalue weighted by molar-refractivity contribution is 5.73. The molecule has 0 bridgehead atoms. The van der Waals surface area contributed by atoms with Gasteiger partial charge in [-0.2, -0.15) is 0 Å². The van der Waals surface area contributed by atoms with E-state index in [0.29, 0.717) is 0 Å². The van der Waals surface area contributed by atoms with E-state index < -0.39 is 0 Å². The molecule has 3 heteroatoms. The Morgan fingerprint density at radius 2 is 1.84 bits per heavy atom. The summed E-state index contributed by atoms with van der Waals surface area (Å²) in [4.78, 5) is 15.4. The molecule has 0 saturated carbocycles. The second-order valence-corrected chi connectivity index (χ2v) is 4.39. The van der Waals surface area contributed by atoms with Crippen LogP contribution >= 0.6 is 0 Å². The van der Waals surface area contributed by atoms with E-state index in [1.54, 1.807) is 6.20 Å². The number of aromatic nitrogens is 1. The van der Waals surface area contributed by atoms with Gasteiger partial charge in [-0.25, -0.2) is 0 Å². The maximum absolute atomic E-state index is 11.3. The van der Waals surface area contributed by atoms with Gasteiger partial charge in [0.1, 0.15) is 0 Å². The number of rotatable bonds is 4. The van der Waals surface area contributed by atoms with E-state index in [4.69, 9.17) is 0 Å². The lowest BCUT2D eigenvalue weighted by molar-refractivity contribution is -0.139. The summed E-state index contributed by atoms with van der Waals surface area (Å²) >= 11 is 0. The second-order valence-electron chi connectivity index (χ2n) is 4.39. The minimum atomic E-state index is -0.250. The first kappa shape index (κ1) is 13.3. The maximum Gasteiger partial charge on any atom is 0.310 e. The first-order valence-electron chi connectivity index (χ1n) is 6.33. The summed E-state index contributed by atoms with van der Waals surface area (Å²) in [5.74, 6) is -0.250. The summed E-state index contributed by atoms with van der Waals surface area (Å²) in [5, 5.41) is 0. The summed E-state index contributed by atoms with van der Waals surface area (Å²) in [6.07, 6.45) is 4.79. The number of benzene rings is 1. The normalized spacial score (nSPS) is 10.2. The summed E-state index contributed by atoms with van der Waals surface area (Å²) in [6.45, 7) is 2.13. The van der Waals surface area contributed by atoms with Crippen LogP contribution in [0, 0.1) is 0 Å². The van der Waals surface area contributed by atoms with Gasteiger partial charge in [0.25, 0.3) is 0 Å². The van der Waals surface area contributed by atoms with Crippen LogP contribution in [0.5, 0.6) is 0 Å². The fourth-order valence-corrected chi connectivity index (χ4v) is 1.91. The highest BCUT2D eigenvalue weighted by Crippen LogP contribution is 2.20. The molecule has 2 rings (SSSR count). The zero-order valence-corrected chi connectivity index (χ0v) is 11.2. The highest BCUT2D eigenvalue weighted by atomic mass is 16.5. The smallest absolute Gasteiger partial charge is 0.310 e. The zero-order valence-electron chi connectivity index (χ0n) is 11.2. The third kappa shape index (κ3) is 3.41. The largest absolute Gasteiger partial charge is 0.469 e. The Morgan fingerprint density at radius 1 is 1.11 bits per heavy atom. The molecule has 0 spiro atoms. The molecule has 0 N–H and O–H groups in total. The Labute approximate surface area is 113 Å². The number of methoxy groups -OCH3 is 1. The van der Waals surface area contributed by atoms with Gasteiger partial charge in [-0.1, -0.05) is 31.2 Å². The third-order valence-corrected chi connectivity index (χ3v) is 3.07. The van der Waals surface area contributed by atoms with Crippen molar-refractivity contribution in [1.82, 2.24) is 4.98 Å². The Kier molecular flexibility index (Phi) is 4.29. The zero-order chi connectivity index (χ0) is 13.7. The monoisotopic (exact) mass is 255 g/mol. The van der Waals surface area contributed by atoms with Gasteiger partial charge < -0.3 is 4.74 Å². The van der Waals surface area contributed by atoms with Crippen LogP contribution < -0.4 is 0 Å². The standard InChI is InChI=1S/C16H17NO2/c1-3-12-4-6-14(7-5-12)15-8-13(10-17-11-15)9-16(18)19-2/h4-8,10-11H,3,9H2,1-2H3. The number of hydrogen-bond donors (Lipinski definition) is 0. The van der Waals surface area contributed by atoms with Crippen LogP contribution in [0.1, 0.15) is 18.1 Å². The predicted octanol–water partition coefficient (Wildman–Crippen LogP) is 3.03. The van der Waals surface area contributed by atoms with Crippen molar-refractivity contribution in [3.8, 4) is 11.1 Å². The molecule has 0 aliphatic heterocycles. The van der Waals surface area contributed by atoms with Crippen LogP contribution in [-0.4, -0.2) is 18.1 Å². The molecule has 1 aromatic carbocycles. The van der Waals surface area contributed by atoms with Gasteiger partial charge in [0, 0.05) is 18.0 Å². The summed E-state index contributed by atoms with van der Waals surface area (Å²) in [7, 11) is 1.39. The van der Waals surface area contributed by atoms with Crippen LogP contribution in [0.15, 0.2) is 42.7 Å². The van der Waals surface area contributed by atoms with E-state index in [0.717, 1.165) is 23.1 Å². The molecule has 0 saturated heterocycles. The van der Waals surface area contributed by atoms with Gasteiger partial charge in [-0.05, 0) is 29.2 Å². The van der Waals surface area contributed by atoms with E-state index >= 15 is 0 Å². The van der Waals surface area contributed by atoms with Gasteiger partial charge in [0.05, 0.1) is 13.5 Å². The molecule has 0 aliphatic carbocycles. The van der Waals surface area contributed by atoms with Crippen LogP contribution in [0.2, 0.25) is 0 Å². The van der Waals surface area contributed by atoms with Gasteiger partial charge in [-0.15, -0.1) is 0 Å². The van der Waals surface area contributed by atoms with Crippen LogP contribution in [0.25, 0.3) is 11.1 Å². The number of esters is 1. The van der Waals surface area contributed by atoms with Crippen LogP contribution in [0.4, 0.5) is 0 Å². The quantitative estimate of drug-likeness (QED) is 0.788. The Bertz CT molecular complexity index is 561. The minimum absolute atomic E-state index is 0.250. The SMILES string of the molecule is CCc1ccc(-c2cncc(CC(=O)OC)c2)cc1. The average Bonchev–Trinajstić information content (AvgIpc) is 2.47. The molecule has 0 fully saturated rings. The van der Waals surface area contributed by atoms with E-state index in [-0.39, 0.29) is 12.4 Å². The first-order valence-corrected chi connectivity index (χ1v) is 6.33. The van der Waals surface area contributed by atoms with E-state index in [2.05, 4.69) is 40.9 Å². The third-order valence-electron chi connectivity index (χ3n) is 3.07. The lowest BCUT2D eigenvalue weighted by atomic mass is 10.0. The Hall–Kier alpha value is -2.16. The van der Waals surface area contributed by atoms with E-state index in [1.807, 2.05) is 12.3 Å². The Balaban J connectivity index is 2.24. The fraction of sp³-hybridized carbons (Fsp3) is 0.250. The molecule has 3 nitrogen and oxygen atoms in total. The summed E-state index contributed by atoms with van der Waals surface area (Å²) in [5.41, 5.74) is 4.30. The number of hydrogen-bond acceptors (Lipinski definition) is 3. The van der Waals surface area contributed by atoms with E-state index in [9.17, 15) is 4.79 Å². The lowest BCUT2D eigenvalue weighted by Crippen LogP contribution is -2.04. The molecule has 0 aliphatic rings. The van der Waals surface area contributed by atoms with Gasteiger partial charge in [0.2, 0.25) is 0 Å². The second kappa shape index (κ2) is 6.14. The van der Waals surface area contributed by atoms with Crippen molar-refractivity contribution in [2.75, 3.05) is 7.11 Å². The number of carbonyl (C=O) groups is 1. The maximum atomic E-state index is 11.3. The molecule has 0 amide bonds. The van der Waals surface area contributed by atoms with Crippen molar-refractivity contribution >= 4 is 5.97 Å². The van der Waals surface area contributed by atoms with Gasteiger partial charge in [0.15, 0.2) is 0 Å². The van der Waals surface area contributed by atoms with Crippen molar-refractivity contribution in [2.45, 2.75) is 19.8 Å². The number of nitrogens with zero attached hydrogens (tertiary/aromatic N) is 1.